The summed E-state index contributed by atoms with van der Waals surface area (Å²) in [6.07, 6.45) is 3.00. The lowest BCUT2D eigenvalue weighted by molar-refractivity contribution is 0.0506. The van der Waals surface area contributed by atoms with Gasteiger partial charge in [-0.15, -0.1) is 0 Å². The van der Waals surface area contributed by atoms with E-state index in [0.717, 1.165) is 36.8 Å². The van der Waals surface area contributed by atoms with Crippen LogP contribution in [0.3, 0.4) is 0 Å². The summed E-state index contributed by atoms with van der Waals surface area (Å²) in [5.41, 5.74) is 2.50. The third-order valence-electron chi connectivity index (χ3n) is 4.66. The van der Waals surface area contributed by atoms with Crippen molar-refractivity contribution in [1.82, 2.24) is 4.90 Å². The van der Waals surface area contributed by atoms with E-state index in [2.05, 4.69) is 0 Å². The summed E-state index contributed by atoms with van der Waals surface area (Å²) in [5, 5.41) is 0. The van der Waals surface area contributed by atoms with Gasteiger partial charge in [-0.2, -0.15) is 8.42 Å². The maximum atomic E-state index is 13.2. The average molecular weight is 404 g/mol. The fraction of sp³-hybridized carbons (Fsp3) is 0.381. The Kier molecular flexibility index (Phi) is 6.36. The molecule has 0 radical (unpaired) electrons. The van der Waals surface area contributed by atoms with Gasteiger partial charge in [0.25, 0.3) is 5.91 Å². The highest BCUT2D eigenvalue weighted by atomic mass is 32.2. The minimum absolute atomic E-state index is 0.0370. The van der Waals surface area contributed by atoms with E-state index in [9.17, 15) is 13.2 Å². The van der Waals surface area contributed by atoms with Crippen molar-refractivity contribution < 1.29 is 22.1 Å². The monoisotopic (exact) mass is 403 g/mol. The highest BCUT2D eigenvalue weighted by molar-refractivity contribution is 7.86. The maximum absolute atomic E-state index is 13.2. The highest BCUT2D eigenvalue weighted by Gasteiger charge is 2.24. The van der Waals surface area contributed by atoms with Gasteiger partial charge in [0, 0.05) is 25.3 Å². The first kappa shape index (κ1) is 20.4. The molecule has 0 unspecified atom stereocenters. The summed E-state index contributed by atoms with van der Waals surface area (Å²) in [6.45, 7) is 3.59. The van der Waals surface area contributed by atoms with Crippen LogP contribution in [-0.4, -0.2) is 44.7 Å². The fourth-order valence-electron chi connectivity index (χ4n) is 3.28. The van der Waals surface area contributed by atoms with Crippen LogP contribution in [0.25, 0.3) is 0 Å². The van der Waals surface area contributed by atoms with Gasteiger partial charge in [0.2, 0.25) is 0 Å². The standard InChI is InChI=1S/C21H25NO5S/c1-16-6-3-4-8-20(16)21(23)22(15-19-7-5-13-26-19)14-17-9-11-18(12-10-17)27-28(2,24)25/h3-4,6,8-12,19H,5,7,13-15H2,1-2H3/t19-/m0/s1. The molecule has 28 heavy (non-hydrogen) atoms. The van der Waals surface area contributed by atoms with Gasteiger partial charge in [0.1, 0.15) is 5.75 Å². The molecule has 6 nitrogen and oxygen atoms in total. The van der Waals surface area contributed by atoms with Crippen molar-refractivity contribution in [2.24, 2.45) is 0 Å². The van der Waals surface area contributed by atoms with E-state index < -0.39 is 10.1 Å². The molecule has 0 N–H and O–H groups in total. The Morgan fingerprint density at radius 2 is 1.89 bits per heavy atom. The van der Waals surface area contributed by atoms with Crippen molar-refractivity contribution in [1.29, 1.82) is 0 Å². The SMILES string of the molecule is Cc1ccccc1C(=O)N(Cc1ccc(OS(C)(=O)=O)cc1)C[C@@H]1CCCO1. The molecule has 1 aliphatic heterocycles. The van der Waals surface area contributed by atoms with Gasteiger partial charge in [-0.05, 0) is 49.1 Å². The average Bonchev–Trinajstić information content (AvgIpc) is 3.14. The molecule has 3 rings (SSSR count). The molecule has 0 spiro atoms. The zero-order valence-electron chi connectivity index (χ0n) is 16.1. The van der Waals surface area contributed by atoms with Crippen molar-refractivity contribution >= 4 is 16.0 Å². The van der Waals surface area contributed by atoms with E-state index in [1.807, 2.05) is 31.2 Å². The van der Waals surface area contributed by atoms with Crippen LogP contribution in [0.1, 0.15) is 34.3 Å². The van der Waals surface area contributed by atoms with E-state index in [-0.39, 0.29) is 17.8 Å². The first-order valence-corrected chi connectivity index (χ1v) is 11.1. The lowest BCUT2D eigenvalue weighted by Gasteiger charge is -2.26. The van der Waals surface area contributed by atoms with E-state index in [4.69, 9.17) is 8.92 Å². The van der Waals surface area contributed by atoms with Crippen LogP contribution >= 0.6 is 0 Å². The molecule has 1 atom stereocenters. The quantitative estimate of drug-likeness (QED) is 0.664. The first-order valence-electron chi connectivity index (χ1n) is 9.27. The molecule has 0 saturated carbocycles. The lowest BCUT2D eigenvalue weighted by atomic mass is 10.1. The van der Waals surface area contributed by atoms with E-state index in [0.29, 0.717) is 18.7 Å². The molecular weight excluding hydrogens is 378 g/mol. The summed E-state index contributed by atoms with van der Waals surface area (Å²) in [5.74, 6) is 0.215. The summed E-state index contributed by atoms with van der Waals surface area (Å²) < 4.78 is 33.1. The van der Waals surface area contributed by atoms with Crippen molar-refractivity contribution in [2.75, 3.05) is 19.4 Å². The van der Waals surface area contributed by atoms with Gasteiger partial charge in [-0.25, -0.2) is 0 Å². The second-order valence-electron chi connectivity index (χ2n) is 7.07. The van der Waals surface area contributed by atoms with Crippen molar-refractivity contribution in [3.63, 3.8) is 0 Å². The number of hydrogen-bond acceptors (Lipinski definition) is 5. The molecular formula is C21H25NO5S. The summed E-state index contributed by atoms with van der Waals surface area (Å²) in [6, 6.07) is 14.3. The largest absolute Gasteiger partial charge is 0.383 e. The molecule has 1 fully saturated rings. The molecule has 0 aliphatic carbocycles. The van der Waals surface area contributed by atoms with Crippen LogP contribution in [0.4, 0.5) is 0 Å². The van der Waals surface area contributed by atoms with Crippen LogP contribution < -0.4 is 4.18 Å². The smallest absolute Gasteiger partial charge is 0.306 e. The summed E-state index contributed by atoms with van der Waals surface area (Å²) in [4.78, 5) is 15.0. The second kappa shape index (κ2) is 8.75. The highest BCUT2D eigenvalue weighted by Crippen LogP contribution is 2.20. The Morgan fingerprint density at radius 3 is 2.50 bits per heavy atom. The van der Waals surface area contributed by atoms with Gasteiger partial charge in [0.15, 0.2) is 0 Å². The molecule has 150 valence electrons. The Labute approximate surface area is 166 Å². The van der Waals surface area contributed by atoms with Gasteiger partial charge < -0.3 is 13.8 Å². The van der Waals surface area contributed by atoms with E-state index >= 15 is 0 Å². The molecule has 1 heterocycles. The molecule has 1 saturated heterocycles. The maximum Gasteiger partial charge on any atom is 0.306 e. The van der Waals surface area contributed by atoms with Crippen LogP contribution in [0.15, 0.2) is 48.5 Å². The number of hydrogen-bond donors (Lipinski definition) is 0. The molecule has 2 aromatic rings. The Hall–Kier alpha value is -2.38. The van der Waals surface area contributed by atoms with Crippen LogP contribution in [-0.2, 0) is 21.4 Å². The predicted molar refractivity (Wildman–Crippen MR) is 107 cm³/mol. The van der Waals surface area contributed by atoms with Gasteiger partial charge in [-0.1, -0.05) is 30.3 Å². The molecule has 7 heteroatoms. The zero-order valence-corrected chi connectivity index (χ0v) is 16.9. The number of carbonyl (C=O) groups excluding carboxylic acids is 1. The Morgan fingerprint density at radius 1 is 1.18 bits per heavy atom. The normalized spacial score (nSPS) is 16.7. The van der Waals surface area contributed by atoms with E-state index in [1.54, 1.807) is 29.2 Å². The third-order valence-corrected chi connectivity index (χ3v) is 5.15. The topological polar surface area (TPSA) is 72.9 Å². The number of benzene rings is 2. The van der Waals surface area contributed by atoms with Crippen molar-refractivity contribution in [3.05, 3.63) is 65.2 Å². The van der Waals surface area contributed by atoms with Gasteiger partial charge in [0.05, 0.1) is 12.4 Å². The number of rotatable bonds is 7. The minimum atomic E-state index is -3.56. The number of carbonyl (C=O) groups is 1. The van der Waals surface area contributed by atoms with Gasteiger partial charge >= 0.3 is 10.1 Å². The Bertz CT molecular complexity index is 918. The minimum Gasteiger partial charge on any atom is -0.383 e. The lowest BCUT2D eigenvalue weighted by Crippen LogP contribution is -2.37. The molecule has 1 aliphatic rings. The number of ether oxygens (including phenoxy) is 1. The molecule has 1 amide bonds. The molecule has 2 aromatic carbocycles. The molecule has 0 bridgehead atoms. The van der Waals surface area contributed by atoms with E-state index in [1.165, 1.54) is 0 Å². The van der Waals surface area contributed by atoms with Gasteiger partial charge in [-0.3, -0.25) is 4.79 Å². The second-order valence-corrected chi connectivity index (χ2v) is 8.64. The van der Waals surface area contributed by atoms with Crippen LogP contribution in [0.2, 0.25) is 0 Å². The summed E-state index contributed by atoms with van der Waals surface area (Å²) in [7, 11) is -3.56. The molecule has 0 aromatic heterocycles. The van der Waals surface area contributed by atoms with Crippen LogP contribution in [0, 0.1) is 6.92 Å². The fourth-order valence-corrected chi connectivity index (χ4v) is 3.74. The number of aryl methyl sites for hydroxylation is 1. The Balaban J connectivity index is 1.78. The predicted octanol–water partition coefficient (Wildman–Crippen LogP) is 3.15. The third kappa shape index (κ3) is 5.56. The zero-order chi connectivity index (χ0) is 20.1. The van der Waals surface area contributed by atoms with Crippen molar-refractivity contribution in [3.8, 4) is 5.75 Å². The number of amides is 1. The first-order chi connectivity index (χ1) is 13.3. The number of nitrogens with zero attached hydrogens (tertiary/aromatic N) is 1. The summed E-state index contributed by atoms with van der Waals surface area (Å²) >= 11 is 0. The van der Waals surface area contributed by atoms with Crippen molar-refractivity contribution in [2.45, 2.75) is 32.4 Å². The van der Waals surface area contributed by atoms with Crippen LogP contribution in [0.5, 0.6) is 5.75 Å².